The van der Waals surface area contributed by atoms with E-state index in [-0.39, 0.29) is 23.2 Å². The van der Waals surface area contributed by atoms with Crippen LogP contribution in [0.3, 0.4) is 0 Å². The molecule has 1 saturated heterocycles. The van der Waals surface area contributed by atoms with Crippen molar-refractivity contribution >= 4 is 40.0 Å². The Balaban J connectivity index is 1.39. The number of likely N-dealkylation sites (tertiary alicyclic amines) is 1. The van der Waals surface area contributed by atoms with Crippen LogP contribution in [-0.4, -0.2) is 70.2 Å². The van der Waals surface area contributed by atoms with Crippen molar-refractivity contribution in [3.05, 3.63) is 118 Å². The summed E-state index contributed by atoms with van der Waals surface area (Å²) < 4.78 is 0. The highest BCUT2D eigenvalue weighted by Gasteiger charge is 2.40. The summed E-state index contributed by atoms with van der Waals surface area (Å²) in [6.07, 6.45) is 1.30. The Hall–Kier alpha value is -5.25. The van der Waals surface area contributed by atoms with Crippen molar-refractivity contribution in [1.82, 2.24) is 14.7 Å². The Morgan fingerprint density at radius 2 is 1.59 bits per heavy atom. The quantitative estimate of drug-likeness (QED) is 0.204. The average molecular weight is 594 g/mol. The summed E-state index contributed by atoms with van der Waals surface area (Å²) in [5, 5.41) is 16.2. The molecule has 5 rings (SSSR count). The predicted octanol–water partition coefficient (Wildman–Crippen LogP) is 5.47. The smallest absolute Gasteiger partial charge is 0.322 e. The molecule has 10 heteroatoms. The lowest BCUT2D eigenvalue weighted by Crippen LogP contribution is -2.55. The van der Waals surface area contributed by atoms with E-state index < -0.39 is 23.0 Å². The molecule has 4 amide bonds. The van der Waals surface area contributed by atoms with E-state index in [4.69, 9.17) is 0 Å². The SMILES string of the molecule is CN(Cc1ccccc1)C(=O)[C@H](Cc1ccc2ccccc2c1)N(C)C(=O)[C@@H]1CCCN1C(=O)Nc1ccccc1[N+](=O)[O-]. The lowest BCUT2D eigenvalue weighted by molar-refractivity contribution is -0.383. The van der Waals surface area contributed by atoms with E-state index in [1.807, 2.05) is 72.8 Å². The monoisotopic (exact) mass is 593 g/mol. The van der Waals surface area contributed by atoms with Crippen LogP contribution in [0, 0.1) is 10.1 Å². The van der Waals surface area contributed by atoms with Gasteiger partial charge in [-0.3, -0.25) is 19.7 Å². The molecule has 4 aromatic rings. The lowest BCUT2D eigenvalue weighted by Gasteiger charge is -2.34. The van der Waals surface area contributed by atoms with Crippen molar-refractivity contribution in [2.45, 2.75) is 37.9 Å². The number of nitrogens with zero attached hydrogens (tertiary/aromatic N) is 4. The molecule has 4 aromatic carbocycles. The number of para-hydroxylation sites is 2. The molecule has 1 N–H and O–H groups in total. The molecular formula is C34H35N5O5. The summed E-state index contributed by atoms with van der Waals surface area (Å²) in [6, 6.07) is 27.3. The van der Waals surface area contributed by atoms with Crippen molar-refractivity contribution in [3.63, 3.8) is 0 Å². The van der Waals surface area contributed by atoms with E-state index in [0.717, 1.165) is 21.9 Å². The molecule has 1 fully saturated rings. The molecule has 0 unspecified atom stereocenters. The number of hydrogen-bond acceptors (Lipinski definition) is 5. The van der Waals surface area contributed by atoms with Crippen LogP contribution in [0.25, 0.3) is 10.8 Å². The largest absolute Gasteiger partial charge is 0.340 e. The second kappa shape index (κ2) is 13.4. The van der Waals surface area contributed by atoms with Crippen LogP contribution in [0.5, 0.6) is 0 Å². The zero-order chi connectivity index (χ0) is 31.2. The highest BCUT2D eigenvalue weighted by atomic mass is 16.6. The Bertz CT molecular complexity index is 1680. The number of benzene rings is 4. The lowest BCUT2D eigenvalue weighted by atomic mass is 9.99. The minimum absolute atomic E-state index is 0.0563. The molecule has 226 valence electrons. The van der Waals surface area contributed by atoms with E-state index in [0.29, 0.717) is 32.4 Å². The molecule has 0 aromatic heterocycles. The van der Waals surface area contributed by atoms with Gasteiger partial charge in [0.2, 0.25) is 11.8 Å². The van der Waals surface area contributed by atoms with Gasteiger partial charge in [-0.1, -0.05) is 84.9 Å². The fourth-order valence-electron chi connectivity index (χ4n) is 5.75. The van der Waals surface area contributed by atoms with Gasteiger partial charge in [-0.25, -0.2) is 4.79 Å². The molecule has 0 radical (unpaired) electrons. The zero-order valence-electron chi connectivity index (χ0n) is 24.8. The van der Waals surface area contributed by atoms with Crippen molar-refractivity contribution in [3.8, 4) is 0 Å². The van der Waals surface area contributed by atoms with Gasteiger partial charge in [0.05, 0.1) is 4.92 Å². The number of carbonyl (C=O) groups excluding carboxylic acids is 3. The molecule has 0 bridgehead atoms. The molecule has 1 heterocycles. The van der Waals surface area contributed by atoms with Crippen LogP contribution in [0.1, 0.15) is 24.0 Å². The number of urea groups is 1. The van der Waals surface area contributed by atoms with Gasteiger partial charge in [0, 0.05) is 39.7 Å². The molecule has 10 nitrogen and oxygen atoms in total. The Kier molecular flexibility index (Phi) is 9.18. The molecule has 44 heavy (non-hydrogen) atoms. The van der Waals surface area contributed by atoms with Crippen molar-refractivity contribution in [2.75, 3.05) is 26.0 Å². The number of fused-ring (bicyclic) bond motifs is 1. The van der Waals surface area contributed by atoms with Crippen molar-refractivity contribution in [1.29, 1.82) is 0 Å². The summed E-state index contributed by atoms with van der Waals surface area (Å²) in [4.78, 5) is 56.7. The Morgan fingerprint density at radius 1 is 0.909 bits per heavy atom. The van der Waals surface area contributed by atoms with Crippen LogP contribution in [0.2, 0.25) is 0 Å². The van der Waals surface area contributed by atoms with Crippen LogP contribution < -0.4 is 5.32 Å². The number of nitrogens with one attached hydrogen (secondary N) is 1. The second-order valence-corrected chi connectivity index (χ2v) is 11.1. The van der Waals surface area contributed by atoms with Crippen molar-refractivity contribution in [2.24, 2.45) is 0 Å². The van der Waals surface area contributed by atoms with Gasteiger partial charge in [-0.05, 0) is 40.8 Å². The second-order valence-electron chi connectivity index (χ2n) is 11.1. The van der Waals surface area contributed by atoms with Gasteiger partial charge >= 0.3 is 6.03 Å². The fourth-order valence-corrected chi connectivity index (χ4v) is 5.75. The predicted molar refractivity (Wildman–Crippen MR) is 169 cm³/mol. The third kappa shape index (κ3) is 6.70. The van der Waals surface area contributed by atoms with Crippen LogP contribution in [0.15, 0.2) is 97.1 Å². The van der Waals surface area contributed by atoms with Gasteiger partial charge in [0.1, 0.15) is 17.8 Å². The third-order valence-corrected chi connectivity index (χ3v) is 8.12. The summed E-state index contributed by atoms with van der Waals surface area (Å²) >= 11 is 0. The maximum atomic E-state index is 14.0. The van der Waals surface area contributed by atoms with Crippen LogP contribution >= 0.6 is 0 Å². The van der Waals surface area contributed by atoms with Gasteiger partial charge in [0.15, 0.2) is 0 Å². The van der Waals surface area contributed by atoms with Gasteiger partial charge in [-0.15, -0.1) is 0 Å². The maximum absolute atomic E-state index is 14.0. The average Bonchev–Trinajstić information content (AvgIpc) is 3.53. The third-order valence-electron chi connectivity index (χ3n) is 8.12. The first-order chi connectivity index (χ1) is 21.2. The molecule has 0 aliphatic carbocycles. The summed E-state index contributed by atoms with van der Waals surface area (Å²) in [7, 11) is 3.34. The number of rotatable bonds is 9. The standard InChI is InChI=1S/C34H35N5O5/c1-36(23-24-11-4-3-5-12-24)32(40)31(22-25-18-19-26-13-6-7-14-27(26)21-25)37(2)33(41)30-17-10-20-38(30)34(42)35-28-15-8-9-16-29(28)39(43)44/h3-9,11-16,18-19,21,30-31H,10,17,20,22-23H2,1-2H3,(H,35,42)/t30-,31-/m0/s1. The van der Waals surface area contributed by atoms with E-state index in [2.05, 4.69) is 5.32 Å². The fraction of sp³-hybridized carbons (Fsp3) is 0.265. The van der Waals surface area contributed by atoms with Crippen LogP contribution in [-0.2, 0) is 22.6 Å². The number of amides is 4. The molecular weight excluding hydrogens is 558 g/mol. The minimum Gasteiger partial charge on any atom is -0.340 e. The topological polar surface area (TPSA) is 116 Å². The number of likely N-dealkylation sites (N-methyl/N-ethyl adjacent to an activating group) is 2. The summed E-state index contributed by atoms with van der Waals surface area (Å²) in [5.74, 6) is -0.570. The Labute approximate surface area is 256 Å². The number of carbonyl (C=O) groups is 3. The van der Waals surface area contributed by atoms with Crippen molar-refractivity contribution < 1.29 is 19.3 Å². The number of hydrogen-bond donors (Lipinski definition) is 1. The molecule has 2 atom stereocenters. The molecule has 1 aliphatic rings. The maximum Gasteiger partial charge on any atom is 0.322 e. The van der Waals surface area contributed by atoms with E-state index in [1.54, 1.807) is 25.1 Å². The highest BCUT2D eigenvalue weighted by Crippen LogP contribution is 2.27. The summed E-state index contributed by atoms with van der Waals surface area (Å²) in [5.41, 5.74) is 1.70. The van der Waals surface area contributed by atoms with E-state index in [9.17, 15) is 24.5 Å². The molecule has 1 aliphatic heterocycles. The van der Waals surface area contributed by atoms with Gasteiger partial charge in [-0.2, -0.15) is 0 Å². The first-order valence-corrected chi connectivity index (χ1v) is 14.6. The Morgan fingerprint density at radius 3 is 2.34 bits per heavy atom. The first kappa shape index (κ1) is 30.2. The molecule has 0 saturated carbocycles. The number of anilines is 1. The summed E-state index contributed by atoms with van der Waals surface area (Å²) in [6.45, 7) is 0.692. The highest BCUT2D eigenvalue weighted by molar-refractivity contribution is 5.97. The zero-order valence-corrected chi connectivity index (χ0v) is 24.8. The molecule has 0 spiro atoms. The first-order valence-electron chi connectivity index (χ1n) is 14.6. The van der Waals surface area contributed by atoms with Gasteiger partial charge in [0.25, 0.3) is 5.69 Å². The minimum atomic E-state index is -0.821. The van der Waals surface area contributed by atoms with Crippen LogP contribution in [0.4, 0.5) is 16.2 Å². The normalized spacial score (nSPS) is 15.0. The van der Waals surface area contributed by atoms with E-state index >= 15 is 0 Å². The van der Waals surface area contributed by atoms with E-state index in [1.165, 1.54) is 28.0 Å². The van der Waals surface area contributed by atoms with Gasteiger partial charge < -0.3 is 20.0 Å². The number of nitro benzene ring substituents is 1. The number of nitro groups is 1.